The summed E-state index contributed by atoms with van der Waals surface area (Å²) in [6.45, 7) is 7.56. The number of hydrogen-bond donors (Lipinski definition) is 1. The standard InChI is InChI=1S/C17H26N2O/c1-14(2)11-15-5-7-16(8-6-15)12-18-13-17(20)19-9-3-4-10-19/h5-8,14,18H,3-4,9-13H2,1-2H3. The molecule has 1 fully saturated rings. The molecule has 1 aliphatic heterocycles. The minimum absolute atomic E-state index is 0.235. The van der Waals surface area contributed by atoms with E-state index < -0.39 is 0 Å². The van der Waals surface area contributed by atoms with Gasteiger partial charge in [0.25, 0.3) is 0 Å². The molecule has 0 atom stereocenters. The normalized spacial score (nSPS) is 15.1. The van der Waals surface area contributed by atoms with Crippen molar-refractivity contribution in [1.29, 1.82) is 0 Å². The molecule has 110 valence electrons. The molecule has 3 nitrogen and oxygen atoms in total. The van der Waals surface area contributed by atoms with E-state index in [1.54, 1.807) is 0 Å². The fourth-order valence-electron chi connectivity index (χ4n) is 2.66. The average Bonchev–Trinajstić information content (AvgIpc) is 2.94. The second-order valence-electron chi connectivity index (χ2n) is 6.11. The van der Waals surface area contributed by atoms with Gasteiger partial charge in [-0.1, -0.05) is 38.1 Å². The average molecular weight is 274 g/mol. The molecule has 1 aromatic rings. The fraction of sp³-hybridized carbons (Fsp3) is 0.588. The van der Waals surface area contributed by atoms with Crippen LogP contribution < -0.4 is 5.32 Å². The fourth-order valence-corrected chi connectivity index (χ4v) is 2.66. The van der Waals surface area contributed by atoms with Crippen LogP contribution in [0.15, 0.2) is 24.3 Å². The lowest BCUT2D eigenvalue weighted by Crippen LogP contribution is -2.35. The molecule has 0 saturated carbocycles. The van der Waals surface area contributed by atoms with Crippen molar-refractivity contribution in [3.8, 4) is 0 Å². The van der Waals surface area contributed by atoms with E-state index in [1.807, 2.05) is 4.90 Å². The first-order valence-corrected chi connectivity index (χ1v) is 7.71. The van der Waals surface area contributed by atoms with Crippen molar-refractivity contribution in [3.05, 3.63) is 35.4 Å². The van der Waals surface area contributed by atoms with Crippen LogP contribution in [0, 0.1) is 5.92 Å². The molecule has 3 heteroatoms. The highest BCUT2D eigenvalue weighted by atomic mass is 16.2. The van der Waals surface area contributed by atoms with Gasteiger partial charge in [-0.25, -0.2) is 0 Å². The summed E-state index contributed by atoms with van der Waals surface area (Å²) in [6, 6.07) is 8.70. The molecule has 0 unspecified atom stereocenters. The quantitative estimate of drug-likeness (QED) is 0.865. The summed E-state index contributed by atoms with van der Waals surface area (Å²) in [6.07, 6.45) is 3.44. The molecule has 0 aromatic heterocycles. The molecule has 0 spiro atoms. The second kappa shape index (κ2) is 7.44. The first kappa shape index (κ1) is 15.0. The Bertz CT molecular complexity index is 419. The highest BCUT2D eigenvalue weighted by molar-refractivity contribution is 5.78. The molecular weight excluding hydrogens is 248 g/mol. The zero-order valence-corrected chi connectivity index (χ0v) is 12.7. The number of nitrogens with one attached hydrogen (secondary N) is 1. The van der Waals surface area contributed by atoms with Crippen LogP contribution >= 0.6 is 0 Å². The summed E-state index contributed by atoms with van der Waals surface area (Å²) < 4.78 is 0. The predicted octanol–water partition coefficient (Wildman–Crippen LogP) is 2.60. The van der Waals surface area contributed by atoms with Crippen LogP contribution in [0.2, 0.25) is 0 Å². The molecule has 20 heavy (non-hydrogen) atoms. The monoisotopic (exact) mass is 274 g/mol. The third-order valence-corrected chi connectivity index (χ3v) is 3.73. The van der Waals surface area contributed by atoms with Gasteiger partial charge in [-0.2, -0.15) is 0 Å². The van der Waals surface area contributed by atoms with E-state index in [4.69, 9.17) is 0 Å². The maximum absolute atomic E-state index is 11.9. The van der Waals surface area contributed by atoms with Gasteiger partial charge in [-0.15, -0.1) is 0 Å². The summed E-state index contributed by atoms with van der Waals surface area (Å²) in [7, 11) is 0. The van der Waals surface area contributed by atoms with Gasteiger partial charge in [-0.3, -0.25) is 4.79 Å². The van der Waals surface area contributed by atoms with Crippen LogP contribution in [0.5, 0.6) is 0 Å². The largest absolute Gasteiger partial charge is 0.342 e. The molecular formula is C17H26N2O. The van der Waals surface area contributed by atoms with Gasteiger partial charge >= 0.3 is 0 Å². The molecule has 2 rings (SSSR count). The minimum Gasteiger partial charge on any atom is -0.342 e. The number of rotatable bonds is 6. The number of nitrogens with zero attached hydrogens (tertiary/aromatic N) is 1. The summed E-state index contributed by atoms with van der Waals surface area (Å²) in [5, 5.41) is 3.25. The van der Waals surface area contributed by atoms with E-state index in [0.717, 1.165) is 38.9 Å². The van der Waals surface area contributed by atoms with Crippen LogP contribution in [0.25, 0.3) is 0 Å². The number of likely N-dealkylation sites (tertiary alicyclic amines) is 1. The van der Waals surface area contributed by atoms with Crippen molar-refractivity contribution in [1.82, 2.24) is 10.2 Å². The molecule has 0 radical (unpaired) electrons. The van der Waals surface area contributed by atoms with E-state index in [0.29, 0.717) is 12.5 Å². The Morgan fingerprint density at radius 2 is 1.75 bits per heavy atom. The van der Waals surface area contributed by atoms with Crippen molar-refractivity contribution in [2.24, 2.45) is 5.92 Å². The van der Waals surface area contributed by atoms with Crippen molar-refractivity contribution in [2.75, 3.05) is 19.6 Å². The Morgan fingerprint density at radius 3 is 2.35 bits per heavy atom. The molecule has 0 bridgehead atoms. The summed E-state index contributed by atoms with van der Waals surface area (Å²) in [4.78, 5) is 13.8. The van der Waals surface area contributed by atoms with E-state index in [1.165, 1.54) is 11.1 Å². The van der Waals surface area contributed by atoms with Crippen molar-refractivity contribution < 1.29 is 4.79 Å². The van der Waals surface area contributed by atoms with Gasteiger partial charge in [0.2, 0.25) is 5.91 Å². The van der Waals surface area contributed by atoms with Crippen LogP contribution in [-0.2, 0) is 17.8 Å². The number of carbonyl (C=O) groups excluding carboxylic acids is 1. The molecule has 1 heterocycles. The maximum atomic E-state index is 11.9. The van der Waals surface area contributed by atoms with Gasteiger partial charge in [0.15, 0.2) is 0 Å². The molecule has 1 aromatic carbocycles. The highest BCUT2D eigenvalue weighted by Gasteiger charge is 2.16. The molecule has 1 saturated heterocycles. The Kier molecular flexibility index (Phi) is 5.60. The van der Waals surface area contributed by atoms with Crippen LogP contribution in [-0.4, -0.2) is 30.4 Å². The zero-order chi connectivity index (χ0) is 14.4. The van der Waals surface area contributed by atoms with Crippen LogP contribution in [0.4, 0.5) is 0 Å². The number of hydrogen-bond acceptors (Lipinski definition) is 2. The molecule has 1 N–H and O–H groups in total. The predicted molar refractivity (Wildman–Crippen MR) is 82.5 cm³/mol. The summed E-state index contributed by atoms with van der Waals surface area (Å²) >= 11 is 0. The zero-order valence-electron chi connectivity index (χ0n) is 12.7. The van der Waals surface area contributed by atoms with Gasteiger partial charge in [0.05, 0.1) is 6.54 Å². The highest BCUT2D eigenvalue weighted by Crippen LogP contribution is 2.10. The lowest BCUT2D eigenvalue weighted by atomic mass is 10.0. The molecule has 0 aliphatic carbocycles. The number of amides is 1. The maximum Gasteiger partial charge on any atom is 0.236 e. The van der Waals surface area contributed by atoms with Crippen molar-refractivity contribution >= 4 is 5.91 Å². The first-order valence-electron chi connectivity index (χ1n) is 7.71. The van der Waals surface area contributed by atoms with Crippen LogP contribution in [0.3, 0.4) is 0 Å². The van der Waals surface area contributed by atoms with Crippen molar-refractivity contribution in [3.63, 3.8) is 0 Å². The minimum atomic E-state index is 0.235. The Balaban J connectivity index is 1.72. The third-order valence-electron chi connectivity index (χ3n) is 3.73. The lowest BCUT2D eigenvalue weighted by Gasteiger charge is -2.15. The Morgan fingerprint density at radius 1 is 1.15 bits per heavy atom. The first-order chi connectivity index (χ1) is 9.65. The third kappa shape index (κ3) is 4.64. The Labute approximate surface area is 122 Å². The van der Waals surface area contributed by atoms with Crippen LogP contribution in [0.1, 0.15) is 37.8 Å². The summed E-state index contributed by atoms with van der Waals surface area (Å²) in [5.74, 6) is 0.927. The van der Waals surface area contributed by atoms with E-state index in [2.05, 4.69) is 43.4 Å². The van der Waals surface area contributed by atoms with E-state index in [9.17, 15) is 4.79 Å². The van der Waals surface area contributed by atoms with E-state index in [-0.39, 0.29) is 5.91 Å². The number of benzene rings is 1. The van der Waals surface area contributed by atoms with Gasteiger partial charge < -0.3 is 10.2 Å². The van der Waals surface area contributed by atoms with Crippen molar-refractivity contribution in [2.45, 2.75) is 39.7 Å². The smallest absolute Gasteiger partial charge is 0.236 e. The number of carbonyl (C=O) groups is 1. The molecule has 1 amide bonds. The Hall–Kier alpha value is -1.35. The topological polar surface area (TPSA) is 32.3 Å². The van der Waals surface area contributed by atoms with Gasteiger partial charge in [0, 0.05) is 19.6 Å². The SMILES string of the molecule is CC(C)Cc1ccc(CNCC(=O)N2CCCC2)cc1. The summed E-state index contributed by atoms with van der Waals surface area (Å²) in [5.41, 5.74) is 2.63. The lowest BCUT2D eigenvalue weighted by molar-refractivity contribution is -0.129. The molecule has 1 aliphatic rings. The van der Waals surface area contributed by atoms with Gasteiger partial charge in [-0.05, 0) is 36.3 Å². The second-order valence-corrected chi connectivity index (χ2v) is 6.11. The van der Waals surface area contributed by atoms with E-state index >= 15 is 0 Å². The van der Waals surface area contributed by atoms with Gasteiger partial charge in [0.1, 0.15) is 0 Å².